The van der Waals surface area contributed by atoms with Gasteiger partial charge in [-0.05, 0) is 61.4 Å². The summed E-state index contributed by atoms with van der Waals surface area (Å²) in [6.45, 7) is 0.498. The Morgan fingerprint density at radius 1 is 1.03 bits per heavy atom. The highest BCUT2D eigenvalue weighted by Crippen LogP contribution is 2.23. The summed E-state index contributed by atoms with van der Waals surface area (Å²) in [5.41, 5.74) is 1.40. The minimum Gasteiger partial charge on any atom is -0.452 e. The van der Waals surface area contributed by atoms with E-state index in [-0.39, 0.29) is 4.90 Å². The van der Waals surface area contributed by atoms with Crippen LogP contribution in [0.15, 0.2) is 71.9 Å². The summed E-state index contributed by atoms with van der Waals surface area (Å²) in [7, 11) is -3.59. The molecular formula is C22H22N4O5S. The van der Waals surface area contributed by atoms with Crippen LogP contribution in [0.25, 0.3) is 5.69 Å². The first-order chi connectivity index (χ1) is 15.4. The Kier molecular flexibility index (Phi) is 6.33. The fourth-order valence-electron chi connectivity index (χ4n) is 3.40. The van der Waals surface area contributed by atoms with Gasteiger partial charge < -0.3 is 10.1 Å². The Hall–Kier alpha value is -3.50. The lowest BCUT2D eigenvalue weighted by Gasteiger charge is -2.16. The Balaban J connectivity index is 1.33. The number of amides is 1. The van der Waals surface area contributed by atoms with Crippen LogP contribution in [0.3, 0.4) is 0 Å². The molecule has 1 fully saturated rings. The third kappa shape index (κ3) is 4.87. The zero-order valence-corrected chi connectivity index (χ0v) is 18.0. The minimum absolute atomic E-state index is 0.117. The zero-order valence-electron chi connectivity index (χ0n) is 17.2. The molecule has 2 aromatic carbocycles. The molecule has 1 aromatic heterocycles. The number of rotatable bonds is 7. The maximum absolute atomic E-state index is 12.7. The lowest BCUT2D eigenvalue weighted by Crippen LogP contribution is -2.28. The van der Waals surface area contributed by atoms with Gasteiger partial charge in [-0.3, -0.25) is 4.79 Å². The van der Waals surface area contributed by atoms with Gasteiger partial charge in [0.05, 0.1) is 16.1 Å². The number of anilines is 1. The molecule has 0 spiro atoms. The van der Waals surface area contributed by atoms with Crippen LogP contribution in [0.4, 0.5) is 5.69 Å². The van der Waals surface area contributed by atoms with Gasteiger partial charge in [0.25, 0.3) is 5.91 Å². The van der Waals surface area contributed by atoms with Crippen molar-refractivity contribution < 1.29 is 22.7 Å². The summed E-state index contributed by atoms with van der Waals surface area (Å²) in [5.74, 6) is -1.21. The van der Waals surface area contributed by atoms with E-state index in [9.17, 15) is 18.0 Å². The monoisotopic (exact) mass is 454 g/mol. The Labute approximate surface area is 185 Å². The lowest BCUT2D eigenvalue weighted by molar-refractivity contribution is -0.119. The number of aromatic nitrogens is 2. The number of hydrogen-bond acceptors (Lipinski definition) is 6. The average molecular weight is 455 g/mol. The molecule has 0 aliphatic carbocycles. The van der Waals surface area contributed by atoms with Crippen LogP contribution in [-0.4, -0.2) is 54.1 Å². The van der Waals surface area contributed by atoms with Crippen molar-refractivity contribution in [3.05, 3.63) is 72.6 Å². The van der Waals surface area contributed by atoms with Crippen LogP contribution in [0.1, 0.15) is 23.2 Å². The van der Waals surface area contributed by atoms with Crippen LogP contribution in [0.2, 0.25) is 0 Å². The summed E-state index contributed by atoms with van der Waals surface area (Å²) in [4.78, 5) is 24.6. The summed E-state index contributed by atoms with van der Waals surface area (Å²) in [6.07, 6.45) is 5.11. The number of esters is 1. The molecule has 1 aliphatic rings. The molecule has 2 heterocycles. The molecular weight excluding hydrogens is 432 g/mol. The van der Waals surface area contributed by atoms with Crippen LogP contribution in [0.5, 0.6) is 0 Å². The van der Waals surface area contributed by atoms with Gasteiger partial charge in [-0.15, -0.1) is 0 Å². The molecule has 9 nitrogen and oxygen atoms in total. The summed E-state index contributed by atoms with van der Waals surface area (Å²) >= 11 is 0. The first kappa shape index (κ1) is 21.7. The molecule has 10 heteroatoms. The standard InChI is InChI=1S/C22H22N4O5S/c27-21(16-31-22(28)17-7-9-19(10-8-17)26-14-4-11-23-26)24-18-5-3-6-20(15-18)32(29,30)25-12-1-2-13-25/h3-11,14-15H,1-2,12-13,16H2,(H,24,27). The SMILES string of the molecule is O=C(COC(=O)c1ccc(-n2cccn2)cc1)Nc1cccc(S(=O)(=O)N2CCCC2)c1. The second kappa shape index (κ2) is 9.33. The van der Waals surface area contributed by atoms with E-state index in [2.05, 4.69) is 10.4 Å². The van der Waals surface area contributed by atoms with Crippen molar-refractivity contribution in [3.63, 3.8) is 0 Å². The summed E-state index contributed by atoms with van der Waals surface area (Å²) in [6, 6.07) is 14.4. The Morgan fingerprint density at radius 2 is 1.78 bits per heavy atom. The van der Waals surface area contributed by atoms with Crippen molar-refractivity contribution in [3.8, 4) is 5.69 Å². The number of sulfonamides is 1. The molecule has 0 atom stereocenters. The highest BCUT2D eigenvalue weighted by atomic mass is 32.2. The van der Waals surface area contributed by atoms with Crippen LogP contribution >= 0.6 is 0 Å². The van der Waals surface area contributed by atoms with Gasteiger partial charge >= 0.3 is 5.97 Å². The van der Waals surface area contributed by atoms with Gasteiger partial charge in [0, 0.05) is 31.2 Å². The Bertz CT molecular complexity index is 1200. The molecule has 4 rings (SSSR count). The topological polar surface area (TPSA) is 111 Å². The smallest absolute Gasteiger partial charge is 0.338 e. The fourth-order valence-corrected chi connectivity index (χ4v) is 4.96. The van der Waals surface area contributed by atoms with Crippen molar-refractivity contribution in [2.24, 2.45) is 0 Å². The number of ether oxygens (including phenoxy) is 1. The van der Waals surface area contributed by atoms with Crippen LogP contribution in [-0.2, 0) is 19.6 Å². The molecule has 0 unspecified atom stereocenters. The minimum atomic E-state index is -3.59. The van der Waals surface area contributed by atoms with Gasteiger partial charge in [-0.25, -0.2) is 17.9 Å². The highest BCUT2D eigenvalue weighted by molar-refractivity contribution is 7.89. The quantitative estimate of drug-likeness (QED) is 0.549. The molecule has 1 amide bonds. The number of nitrogens with one attached hydrogen (secondary N) is 1. The molecule has 32 heavy (non-hydrogen) atoms. The third-order valence-corrected chi connectivity index (χ3v) is 6.92. The van der Waals surface area contributed by atoms with Gasteiger partial charge in [0.1, 0.15) is 0 Å². The molecule has 0 saturated carbocycles. The van der Waals surface area contributed by atoms with Gasteiger partial charge in [0.2, 0.25) is 10.0 Å². The molecule has 166 valence electrons. The lowest BCUT2D eigenvalue weighted by atomic mass is 10.2. The van der Waals surface area contributed by atoms with E-state index in [0.29, 0.717) is 24.3 Å². The first-order valence-corrected chi connectivity index (χ1v) is 11.5. The van der Waals surface area contributed by atoms with E-state index in [1.807, 2.05) is 0 Å². The average Bonchev–Trinajstić information content (AvgIpc) is 3.53. The van der Waals surface area contributed by atoms with E-state index in [4.69, 9.17) is 4.74 Å². The predicted molar refractivity (Wildman–Crippen MR) is 117 cm³/mol. The normalized spacial score (nSPS) is 14.2. The number of carbonyl (C=O) groups excluding carboxylic acids is 2. The molecule has 0 radical (unpaired) electrons. The number of carbonyl (C=O) groups is 2. The van der Waals surface area contributed by atoms with E-state index in [1.54, 1.807) is 59.5 Å². The summed E-state index contributed by atoms with van der Waals surface area (Å²) < 4.78 is 33.5. The van der Waals surface area contributed by atoms with Gasteiger partial charge in [0.15, 0.2) is 6.61 Å². The third-order valence-electron chi connectivity index (χ3n) is 5.03. The molecule has 1 aliphatic heterocycles. The zero-order chi connectivity index (χ0) is 22.6. The number of hydrogen-bond donors (Lipinski definition) is 1. The van der Waals surface area contributed by atoms with E-state index in [1.165, 1.54) is 16.4 Å². The second-order valence-corrected chi connectivity index (χ2v) is 9.20. The summed E-state index contributed by atoms with van der Waals surface area (Å²) in [5, 5.41) is 6.68. The van der Waals surface area contributed by atoms with Crippen molar-refractivity contribution >= 4 is 27.6 Å². The maximum Gasteiger partial charge on any atom is 0.338 e. The van der Waals surface area contributed by atoms with E-state index in [0.717, 1.165) is 18.5 Å². The largest absolute Gasteiger partial charge is 0.452 e. The molecule has 3 aromatic rings. The highest BCUT2D eigenvalue weighted by Gasteiger charge is 2.27. The van der Waals surface area contributed by atoms with Crippen molar-refractivity contribution in [2.45, 2.75) is 17.7 Å². The van der Waals surface area contributed by atoms with Gasteiger partial charge in [-0.1, -0.05) is 6.07 Å². The Morgan fingerprint density at radius 3 is 2.47 bits per heavy atom. The van der Waals surface area contributed by atoms with Crippen LogP contribution < -0.4 is 5.32 Å². The van der Waals surface area contributed by atoms with Gasteiger partial charge in [-0.2, -0.15) is 9.40 Å². The first-order valence-electron chi connectivity index (χ1n) is 10.1. The van der Waals surface area contributed by atoms with Crippen LogP contribution in [0, 0.1) is 0 Å². The second-order valence-electron chi connectivity index (χ2n) is 7.26. The number of nitrogens with zero attached hydrogens (tertiary/aromatic N) is 3. The maximum atomic E-state index is 12.7. The molecule has 0 bridgehead atoms. The molecule has 1 saturated heterocycles. The van der Waals surface area contributed by atoms with E-state index >= 15 is 0 Å². The van der Waals surface area contributed by atoms with Crippen molar-refractivity contribution in [2.75, 3.05) is 25.0 Å². The van der Waals surface area contributed by atoms with Crippen molar-refractivity contribution in [1.29, 1.82) is 0 Å². The fraction of sp³-hybridized carbons (Fsp3) is 0.227. The van der Waals surface area contributed by atoms with Crippen molar-refractivity contribution in [1.82, 2.24) is 14.1 Å². The van der Waals surface area contributed by atoms with E-state index < -0.39 is 28.5 Å². The molecule has 1 N–H and O–H groups in total. The number of benzene rings is 2. The predicted octanol–water partition coefficient (Wildman–Crippen LogP) is 2.45.